The van der Waals surface area contributed by atoms with E-state index in [1.54, 1.807) is 16.2 Å². The summed E-state index contributed by atoms with van der Waals surface area (Å²) in [6, 6.07) is 8.62. The zero-order valence-corrected chi connectivity index (χ0v) is 12.2. The Bertz CT molecular complexity index is 606. The van der Waals surface area contributed by atoms with Gasteiger partial charge in [0.2, 0.25) is 0 Å². The summed E-state index contributed by atoms with van der Waals surface area (Å²) < 4.78 is 3.41. The molecule has 1 aromatic carbocycles. The van der Waals surface area contributed by atoms with Crippen LogP contribution in [0.3, 0.4) is 0 Å². The minimum atomic E-state index is -0.0150. The van der Waals surface area contributed by atoms with Gasteiger partial charge in [0.15, 0.2) is 0 Å². The number of hydrogen-bond donors (Lipinski definition) is 0. The van der Waals surface area contributed by atoms with Gasteiger partial charge >= 0.3 is 5.69 Å². The van der Waals surface area contributed by atoms with Crippen LogP contribution in [0, 0.1) is 6.92 Å². The molecule has 0 radical (unpaired) electrons. The highest BCUT2D eigenvalue weighted by atomic mass is 16.1. The van der Waals surface area contributed by atoms with Crippen LogP contribution < -0.4 is 5.69 Å². The van der Waals surface area contributed by atoms with E-state index in [4.69, 9.17) is 0 Å². The fraction of sp³-hybridized carbons (Fsp3) is 0.438. The molecular formula is C16H22N2O. The first-order valence-corrected chi connectivity index (χ1v) is 6.75. The van der Waals surface area contributed by atoms with Gasteiger partial charge in [-0.3, -0.25) is 4.57 Å². The Hall–Kier alpha value is -1.77. The molecule has 1 aromatic heterocycles. The van der Waals surface area contributed by atoms with E-state index < -0.39 is 0 Å². The summed E-state index contributed by atoms with van der Waals surface area (Å²) in [6.07, 6.45) is 4.68. The van der Waals surface area contributed by atoms with Crippen molar-refractivity contribution in [1.82, 2.24) is 9.13 Å². The van der Waals surface area contributed by atoms with Gasteiger partial charge < -0.3 is 4.57 Å². The van der Waals surface area contributed by atoms with Crippen molar-refractivity contribution in [2.75, 3.05) is 0 Å². The number of nitrogens with zero attached hydrogens (tertiary/aromatic N) is 2. The van der Waals surface area contributed by atoms with Crippen molar-refractivity contribution in [1.29, 1.82) is 0 Å². The first-order chi connectivity index (χ1) is 8.96. The monoisotopic (exact) mass is 258 g/mol. The Morgan fingerprint density at radius 1 is 1.16 bits per heavy atom. The molecule has 0 saturated carbocycles. The summed E-state index contributed by atoms with van der Waals surface area (Å²) in [5, 5.41) is 0. The molecule has 19 heavy (non-hydrogen) atoms. The third-order valence-electron chi connectivity index (χ3n) is 4.07. The minimum absolute atomic E-state index is 0.0150. The maximum absolute atomic E-state index is 12.0. The number of aromatic nitrogens is 2. The van der Waals surface area contributed by atoms with Crippen molar-refractivity contribution in [3.05, 3.63) is 58.3 Å². The Morgan fingerprint density at radius 3 is 2.26 bits per heavy atom. The zero-order valence-electron chi connectivity index (χ0n) is 12.2. The lowest BCUT2D eigenvalue weighted by Gasteiger charge is -2.29. The van der Waals surface area contributed by atoms with Gasteiger partial charge in [-0.15, -0.1) is 0 Å². The van der Waals surface area contributed by atoms with Gasteiger partial charge in [0.05, 0.1) is 0 Å². The largest absolute Gasteiger partial charge is 0.327 e. The predicted octanol–water partition coefficient (Wildman–Crippen LogP) is 2.86. The average molecular weight is 258 g/mol. The Morgan fingerprint density at radius 2 is 1.79 bits per heavy atom. The Kier molecular flexibility index (Phi) is 3.65. The summed E-state index contributed by atoms with van der Waals surface area (Å²) >= 11 is 0. The number of benzene rings is 1. The normalized spacial score (nSPS) is 14.3. The van der Waals surface area contributed by atoms with Gasteiger partial charge in [0.1, 0.15) is 0 Å². The Labute approximate surface area is 114 Å². The van der Waals surface area contributed by atoms with E-state index in [0.717, 1.165) is 6.42 Å². The smallest absolute Gasteiger partial charge is 0.302 e. The summed E-state index contributed by atoms with van der Waals surface area (Å²) in [7, 11) is 1.79. The standard InChI is InChI=1S/C16H22N2O/c1-5-16(3,14-8-6-13(2)7-9-14)12-18-11-10-17(4)15(18)19/h6-11H,5,12H2,1-4H3. The highest BCUT2D eigenvalue weighted by Gasteiger charge is 2.25. The molecule has 0 aliphatic rings. The topological polar surface area (TPSA) is 26.9 Å². The van der Waals surface area contributed by atoms with E-state index in [9.17, 15) is 4.79 Å². The third-order valence-corrected chi connectivity index (χ3v) is 4.07. The highest BCUT2D eigenvalue weighted by Crippen LogP contribution is 2.29. The zero-order chi connectivity index (χ0) is 14.0. The molecule has 0 N–H and O–H groups in total. The number of rotatable bonds is 4. The fourth-order valence-corrected chi connectivity index (χ4v) is 2.37. The van der Waals surface area contributed by atoms with Gasteiger partial charge in [-0.1, -0.05) is 43.7 Å². The van der Waals surface area contributed by atoms with E-state index in [1.165, 1.54) is 11.1 Å². The van der Waals surface area contributed by atoms with Crippen molar-refractivity contribution >= 4 is 0 Å². The van der Waals surface area contributed by atoms with E-state index in [2.05, 4.69) is 45.0 Å². The molecule has 1 atom stereocenters. The van der Waals surface area contributed by atoms with Gasteiger partial charge in [-0.2, -0.15) is 0 Å². The summed E-state index contributed by atoms with van der Waals surface area (Å²) in [5.74, 6) is 0. The fourth-order valence-electron chi connectivity index (χ4n) is 2.37. The maximum Gasteiger partial charge on any atom is 0.327 e. The van der Waals surface area contributed by atoms with Gasteiger partial charge in [-0.25, -0.2) is 4.79 Å². The molecule has 2 aromatic rings. The van der Waals surface area contributed by atoms with Crippen LogP contribution in [-0.4, -0.2) is 9.13 Å². The first-order valence-electron chi connectivity index (χ1n) is 6.75. The van der Waals surface area contributed by atoms with Crippen molar-refractivity contribution in [2.45, 2.75) is 39.2 Å². The third kappa shape index (κ3) is 2.65. The molecule has 2 rings (SSSR count). The second kappa shape index (κ2) is 5.08. The van der Waals surface area contributed by atoms with Crippen LogP contribution in [0.1, 0.15) is 31.4 Å². The second-order valence-electron chi connectivity index (χ2n) is 5.60. The summed E-state index contributed by atoms with van der Waals surface area (Å²) in [4.78, 5) is 12.0. The van der Waals surface area contributed by atoms with Crippen LogP contribution >= 0.6 is 0 Å². The van der Waals surface area contributed by atoms with Crippen molar-refractivity contribution in [3.63, 3.8) is 0 Å². The Balaban J connectivity index is 2.35. The lowest BCUT2D eigenvalue weighted by Crippen LogP contribution is -2.33. The molecule has 0 aliphatic carbocycles. The molecular weight excluding hydrogens is 236 g/mol. The average Bonchev–Trinajstić information content (AvgIpc) is 2.71. The molecule has 0 fully saturated rings. The number of imidazole rings is 1. The van der Waals surface area contributed by atoms with Crippen LogP contribution in [-0.2, 0) is 19.0 Å². The van der Waals surface area contributed by atoms with E-state index in [1.807, 2.05) is 12.4 Å². The SMILES string of the molecule is CCC(C)(Cn1ccn(C)c1=O)c1ccc(C)cc1. The second-order valence-corrected chi connectivity index (χ2v) is 5.60. The lowest BCUT2D eigenvalue weighted by molar-refractivity contribution is 0.376. The number of hydrogen-bond acceptors (Lipinski definition) is 1. The molecule has 1 unspecified atom stereocenters. The molecule has 0 amide bonds. The minimum Gasteiger partial charge on any atom is -0.302 e. The summed E-state index contributed by atoms with van der Waals surface area (Å²) in [6.45, 7) is 7.20. The van der Waals surface area contributed by atoms with Crippen LogP contribution in [0.4, 0.5) is 0 Å². The highest BCUT2D eigenvalue weighted by molar-refractivity contribution is 5.28. The van der Waals surface area contributed by atoms with Crippen LogP contribution in [0.5, 0.6) is 0 Å². The first kappa shape index (κ1) is 13.7. The summed E-state index contributed by atoms with van der Waals surface area (Å²) in [5.41, 5.74) is 2.58. The van der Waals surface area contributed by atoms with Gasteiger partial charge in [-0.05, 0) is 18.9 Å². The molecule has 0 saturated heterocycles. The van der Waals surface area contributed by atoms with Crippen molar-refractivity contribution < 1.29 is 0 Å². The van der Waals surface area contributed by atoms with Crippen LogP contribution in [0.15, 0.2) is 41.5 Å². The van der Waals surface area contributed by atoms with Crippen molar-refractivity contribution in [3.8, 4) is 0 Å². The van der Waals surface area contributed by atoms with E-state index in [-0.39, 0.29) is 11.1 Å². The van der Waals surface area contributed by atoms with Gasteiger partial charge in [0, 0.05) is 31.4 Å². The number of aryl methyl sites for hydroxylation is 2. The molecule has 3 heteroatoms. The van der Waals surface area contributed by atoms with Crippen LogP contribution in [0.2, 0.25) is 0 Å². The predicted molar refractivity (Wildman–Crippen MR) is 78.5 cm³/mol. The van der Waals surface area contributed by atoms with Crippen molar-refractivity contribution in [2.24, 2.45) is 7.05 Å². The van der Waals surface area contributed by atoms with E-state index in [0.29, 0.717) is 6.54 Å². The molecule has 1 heterocycles. The molecule has 3 nitrogen and oxygen atoms in total. The maximum atomic E-state index is 12.0. The van der Waals surface area contributed by atoms with E-state index >= 15 is 0 Å². The molecule has 0 aliphatic heterocycles. The van der Waals surface area contributed by atoms with Gasteiger partial charge in [0.25, 0.3) is 0 Å². The quantitative estimate of drug-likeness (QED) is 0.828. The molecule has 0 spiro atoms. The lowest BCUT2D eigenvalue weighted by atomic mass is 9.79. The van der Waals surface area contributed by atoms with Crippen LogP contribution in [0.25, 0.3) is 0 Å². The molecule has 0 bridgehead atoms. The molecule has 102 valence electrons.